The smallest absolute Gasteiger partial charge is 0.115 e. The summed E-state index contributed by atoms with van der Waals surface area (Å²) >= 11 is 0. The number of benzene rings is 1. The molecular weight excluding hydrogens is 260 g/mol. The minimum Gasteiger partial charge on any atom is -0.508 e. The summed E-state index contributed by atoms with van der Waals surface area (Å²) in [6.07, 6.45) is 3.68. The Morgan fingerprint density at radius 2 is 1.95 bits per heavy atom. The van der Waals surface area contributed by atoms with Gasteiger partial charge in [-0.15, -0.1) is 0 Å². The van der Waals surface area contributed by atoms with Crippen LogP contribution in [0.2, 0.25) is 0 Å². The lowest BCUT2D eigenvalue weighted by atomic mass is 9.86. The fourth-order valence-corrected chi connectivity index (χ4v) is 3.91. The summed E-state index contributed by atoms with van der Waals surface area (Å²) in [5, 5.41) is 9.82. The number of fused-ring (bicyclic) bond motifs is 1. The molecule has 2 aliphatic rings. The Balaban J connectivity index is 1.68. The summed E-state index contributed by atoms with van der Waals surface area (Å²) in [7, 11) is 0. The zero-order valence-corrected chi connectivity index (χ0v) is 13.4. The molecule has 21 heavy (non-hydrogen) atoms. The predicted octanol–water partition coefficient (Wildman–Crippen LogP) is 3.04. The van der Waals surface area contributed by atoms with Gasteiger partial charge in [0, 0.05) is 38.8 Å². The van der Waals surface area contributed by atoms with Crippen LogP contribution >= 0.6 is 0 Å². The standard InChI is InChI=1S/C18H28N2O/c1-14(2)13-19-8-10-20(11-9-19)18-5-3-4-15-6-7-16(21)12-17(15)18/h6-7,12,14,18,21H,3-5,8-11,13H2,1-2H3. The summed E-state index contributed by atoms with van der Waals surface area (Å²) in [5.41, 5.74) is 2.81. The van der Waals surface area contributed by atoms with Crippen LogP contribution in [0.3, 0.4) is 0 Å². The minimum absolute atomic E-state index is 0.416. The predicted molar refractivity (Wildman–Crippen MR) is 86.6 cm³/mol. The molecule has 0 saturated carbocycles. The van der Waals surface area contributed by atoms with Gasteiger partial charge in [0.1, 0.15) is 5.75 Å². The summed E-state index contributed by atoms with van der Waals surface area (Å²) in [4.78, 5) is 5.22. The maximum absolute atomic E-state index is 9.82. The number of aromatic hydroxyl groups is 1. The quantitative estimate of drug-likeness (QED) is 0.926. The second kappa shape index (κ2) is 6.37. The summed E-state index contributed by atoms with van der Waals surface area (Å²) < 4.78 is 0. The van der Waals surface area contributed by atoms with E-state index < -0.39 is 0 Å². The number of phenols is 1. The van der Waals surface area contributed by atoms with Gasteiger partial charge in [-0.3, -0.25) is 4.90 Å². The van der Waals surface area contributed by atoms with E-state index in [4.69, 9.17) is 0 Å². The average Bonchev–Trinajstić information content (AvgIpc) is 2.47. The number of hydrogen-bond donors (Lipinski definition) is 1. The molecule has 116 valence electrons. The monoisotopic (exact) mass is 288 g/mol. The lowest BCUT2D eigenvalue weighted by Gasteiger charge is -2.42. The highest BCUT2D eigenvalue weighted by Crippen LogP contribution is 2.36. The molecule has 1 saturated heterocycles. The minimum atomic E-state index is 0.416. The van der Waals surface area contributed by atoms with Crippen molar-refractivity contribution in [3.63, 3.8) is 0 Å². The van der Waals surface area contributed by atoms with Gasteiger partial charge in [-0.1, -0.05) is 19.9 Å². The maximum Gasteiger partial charge on any atom is 0.115 e. The zero-order valence-electron chi connectivity index (χ0n) is 13.4. The third-order valence-electron chi connectivity index (χ3n) is 4.88. The fourth-order valence-electron chi connectivity index (χ4n) is 3.91. The van der Waals surface area contributed by atoms with Gasteiger partial charge in [-0.25, -0.2) is 0 Å². The van der Waals surface area contributed by atoms with Crippen LogP contribution in [-0.2, 0) is 6.42 Å². The largest absolute Gasteiger partial charge is 0.508 e. The van der Waals surface area contributed by atoms with E-state index in [1.807, 2.05) is 12.1 Å². The molecule has 3 nitrogen and oxygen atoms in total. The number of aryl methyl sites for hydroxylation is 1. The molecular formula is C18H28N2O. The topological polar surface area (TPSA) is 26.7 Å². The Morgan fingerprint density at radius 3 is 2.67 bits per heavy atom. The van der Waals surface area contributed by atoms with E-state index in [-0.39, 0.29) is 0 Å². The van der Waals surface area contributed by atoms with Crippen LogP contribution < -0.4 is 0 Å². The van der Waals surface area contributed by atoms with E-state index in [9.17, 15) is 5.11 Å². The van der Waals surface area contributed by atoms with Crippen molar-refractivity contribution in [1.82, 2.24) is 9.80 Å². The van der Waals surface area contributed by atoms with Crippen LogP contribution in [0.1, 0.15) is 43.9 Å². The Labute approximate surface area is 128 Å². The van der Waals surface area contributed by atoms with Gasteiger partial charge in [0.2, 0.25) is 0 Å². The van der Waals surface area contributed by atoms with Crippen molar-refractivity contribution in [2.45, 2.75) is 39.2 Å². The first kappa shape index (κ1) is 14.9. The van der Waals surface area contributed by atoms with Crippen LogP contribution in [-0.4, -0.2) is 47.6 Å². The van der Waals surface area contributed by atoms with E-state index in [2.05, 4.69) is 29.7 Å². The highest BCUT2D eigenvalue weighted by molar-refractivity contribution is 5.38. The van der Waals surface area contributed by atoms with Crippen molar-refractivity contribution in [2.24, 2.45) is 5.92 Å². The SMILES string of the molecule is CC(C)CN1CCN(C2CCCc3ccc(O)cc32)CC1. The van der Waals surface area contributed by atoms with Gasteiger partial charge in [-0.2, -0.15) is 0 Å². The van der Waals surface area contributed by atoms with Crippen LogP contribution in [0.25, 0.3) is 0 Å². The lowest BCUT2D eigenvalue weighted by molar-refractivity contribution is 0.0816. The number of piperazine rings is 1. The summed E-state index contributed by atoms with van der Waals surface area (Å²) in [5.74, 6) is 1.17. The van der Waals surface area contributed by atoms with Crippen LogP contribution in [0.5, 0.6) is 5.75 Å². The molecule has 1 aliphatic heterocycles. The van der Waals surface area contributed by atoms with Gasteiger partial charge < -0.3 is 10.0 Å². The van der Waals surface area contributed by atoms with Crippen molar-refractivity contribution in [1.29, 1.82) is 0 Å². The molecule has 0 radical (unpaired) electrons. The van der Waals surface area contributed by atoms with Crippen molar-refractivity contribution in [3.8, 4) is 5.75 Å². The average molecular weight is 288 g/mol. The molecule has 1 unspecified atom stereocenters. The number of phenolic OH excluding ortho intramolecular Hbond substituents is 1. The van der Waals surface area contributed by atoms with Crippen molar-refractivity contribution < 1.29 is 5.11 Å². The molecule has 0 aromatic heterocycles. The highest BCUT2D eigenvalue weighted by Gasteiger charge is 2.28. The zero-order chi connectivity index (χ0) is 14.8. The number of hydrogen-bond acceptors (Lipinski definition) is 3. The highest BCUT2D eigenvalue weighted by atomic mass is 16.3. The number of nitrogens with zero attached hydrogens (tertiary/aromatic N) is 2. The van der Waals surface area contributed by atoms with E-state index in [0.29, 0.717) is 11.8 Å². The molecule has 1 heterocycles. The Morgan fingerprint density at radius 1 is 1.19 bits per heavy atom. The van der Waals surface area contributed by atoms with Gasteiger partial charge in [0.05, 0.1) is 0 Å². The van der Waals surface area contributed by atoms with Gasteiger partial charge in [0.15, 0.2) is 0 Å². The van der Waals surface area contributed by atoms with E-state index in [0.717, 1.165) is 19.0 Å². The molecule has 1 aromatic rings. The first-order valence-electron chi connectivity index (χ1n) is 8.41. The molecule has 0 amide bonds. The van der Waals surface area contributed by atoms with E-state index >= 15 is 0 Å². The molecule has 0 bridgehead atoms. The first-order valence-corrected chi connectivity index (χ1v) is 8.41. The van der Waals surface area contributed by atoms with Crippen molar-refractivity contribution in [2.75, 3.05) is 32.7 Å². The van der Waals surface area contributed by atoms with Crippen LogP contribution in [0, 0.1) is 5.92 Å². The summed E-state index contributed by atoms with van der Waals surface area (Å²) in [6, 6.07) is 6.47. The molecule has 1 N–H and O–H groups in total. The number of rotatable bonds is 3. The molecule has 3 rings (SSSR count). The second-order valence-corrected chi connectivity index (χ2v) is 7.02. The van der Waals surface area contributed by atoms with Crippen molar-refractivity contribution in [3.05, 3.63) is 29.3 Å². The van der Waals surface area contributed by atoms with E-state index in [1.165, 1.54) is 50.0 Å². The van der Waals surface area contributed by atoms with E-state index in [1.54, 1.807) is 0 Å². The third kappa shape index (κ3) is 3.41. The normalized spacial score (nSPS) is 24.2. The Kier molecular flexibility index (Phi) is 4.51. The fraction of sp³-hybridized carbons (Fsp3) is 0.667. The maximum atomic E-state index is 9.82. The molecule has 3 heteroatoms. The summed E-state index contributed by atoms with van der Waals surface area (Å²) in [6.45, 7) is 10.5. The molecule has 1 atom stereocenters. The van der Waals surface area contributed by atoms with Gasteiger partial charge in [-0.05, 0) is 48.4 Å². The Bertz CT molecular complexity index is 478. The molecule has 0 spiro atoms. The molecule has 1 fully saturated rings. The molecule has 1 aromatic carbocycles. The lowest BCUT2D eigenvalue weighted by Crippen LogP contribution is -2.48. The van der Waals surface area contributed by atoms with Crippen molar-refractivity contribution >= 4 is 0 Å². The van der Waals surface area contributed by atoms with Gasteiger partial charge >= 0.3 is 0 Å². The second-order valence-electron chi connectivity index (χ2n) is 7.02. The third-order valence-corrected chi connectivity index (χ3v) is 4.88. The Hall–Kier alpha value is -1.06. The van der Waals surface area contributed by atoms with Gasteiger partial charge in [0.25, 0.3) is 0 Å². The van der Waals surface area contributed by atoms with Crippen LogP contribution in [0.4, 0.5) is 0 Å². The van der Waals surface area contributed by atoms with Crippen LogP contribution in [0.15, 0.2) is 18.2 Å². The first-order chi connectivity index (χ1) is 10.1. The molecule has 1 aliphatic carbocycles.